The second-order valence-electron chi connectivity index (χ2n) is 7.54. The van der Waals surface area contributed by atoms with Gasteiger partial charge in [-0.1, -0.05) is 48.5 Å². The number of rotatable bonds is 6. The van der Waals surface area contributed by atoms with E-state index < -0.39 is 11.8 Å². The molecule has 0 aliphatic carbocycles. The predicted octanol–water partition coefficient (Wildman–Crippen LogP) is 3.03. The predicted molar refractivity (Wildman–Crippen MR) is 125 cm³/mol. The minimum absolute atomic E-state index is 0.156. The van der Waals surface area contributed by atoms with Crippen molar-refractivity contribution in [2.45, 2.75) is 6.92 Å². The van der Waals surface area contributed by atoms with E-state index in [2.05, 4.69) is 16.2 Å². The van der Waals surface area contributed by atoms with E-state index in [1.807, 2.05) is 55.5 Å². The molecule has 0 bridgehead atoms. The maximum absolute atomic E-state index is 12.5. The van der Waals surface area contributed by atoms with Crippen molar-refractivity contribution in [2.75, 3.05) is 24.6 Å². The molecule has 8 nitrogen and oxygen atoms in total. The molecule has 33 heavy (non-hydrogen) atoms. The van der Waals surface area contributed by atoms with Crippen molar-refractivity contribution in [3.8, 4) is 16.9 Å². The van der Waals surface area contributed by atoms with Gasteiger partial charge in [-0.2, -0.15) is 0 Å². The van der Waals surface area contributed by atoms with Gasteiger partial charge < -0.3 is 10.1 Å². The Morgan fingerprint density at radius 3 is 2.48 bits per heavy atom. The molecule has 1 heterocycles. The van der Waals surface area contributed by atoms with E-state index in [4.69, 9.17) is 4.74 Å². The third kappa shape index (κ3) is 5.12. The van der Waals surface area contributed by atoms with Gasteiger partial charge in [0, 0.05) is 29.9 Å². The molecular weight excluding hydrogens is 420 g/mol. The maximum atomic E-state index is 12.5. The molecule has 3 aromatic carbocycles. The Morgan fingerprint density at radius 1 is 1.00 bits per heavy atom. The fourth-order valence-corrected chi connectivity index (χ4v) is 3.63. The number of aryl methyl sites for hydroxylation is 1. The third-order valence-electron chi connectivity index (χ3n) is 5.25. The van der Waals surface area contributed by atoms with Crippen LogP contribution in [0, 0.1) is 6.92 Å². The standard InChI is InChI=1S/C25H24N4O4/c1-17-15-19(11-12-21(17)29-14-13-26-25(29)32)24(31)28-27-23(30)16-33-22-10-6-5-9-20(22)18-7-3-2-4-8-18/h2-12,15H,13-14,16H2,1H3,(H,26,32)(H,27,30)(H,28,31). The summed E-state index contributed by atoms with van der Waals surface area (Å²) < 4.78 is 5.69. The molecular formula is C25H24N4O4. The van der Waals surface area contributed by atoms with Crippen molar-refractivity contribution in [1.82, 2.24) is 16.2 Å². The topological polar surface area (TPSA) is 99.8 Å². The highest BCUT2D eigenvalue weighted by molar-refractivity contribution is 5.98. The number of nitrogens with zero attached hydrogens (tertiary/aromatic N) is 1. The summed E-state index contributed by atoms with van der Waals surface area (Å²) in [6.07, 6.45) is 0. The first kappa shape index (κ1) is 21.9. The van der Waals surface area contributed by atoms with Crippen LogP contribution >= 0.6 is 0 Å². The Hall–Kier alpha value is -4.33. The van der Waals surface area contributed by atoms with Crippen molar-refractivity contribution in [1.29, 1.82) is 0 Å². The number of hydrazine groups is 1. The lowest BCUT2D eigenvalue weighted by molar-refractivity contribution is -0.123. The zero-order valence-corrected chi connectivity index (χ0v) is 18.1. The van der Waals surface area contributed by atoms with Crippen molar-refractivity contribution in [3.05, 3.63) is 83.9 Å². The van der Waals surface area contributed by atoms with Crippen molar-refractivity contribution in [2.24, 2.45) is 0 Å². The molecule has 4 amide bonds. The molecule has 3 N–H and O–H groups in total. The highest BCUT2D eigenvalue weighted by atomic mass is 16.5. The molecule has 1 fully saturated rings. The summed E-state index contributed by atoms with van der Waals surface area (Å²) in [5.41, 5.74) is 8.51. The normalized spacial score (nSPS) is 12.8. The van der Waals surface area contributed by atoms with Gasteiger partial charge in [0.1, 0.15) is 5.75 Å². The van der Waals surface area contributed by atoms with Crippen molar-refractivity contribution >= 4 is 23.5 Å². The molecule has 3 aromatic rings. The highest BCUT2D eigenvalue weighted by Crippen LogP contribution is 2.29. The van der Waals surface area contributed by atoms with Gasteiger partial charge in [-0.3, -0.25) is 25.3 Å². The number of nitrogens with one attached hydrogen (secondary N) is 3. The number of carbonyl (C=O) groups is 3. The minimum Gasteiger partial charge on any atom is -0.483 e. The van der Waals surface area contributed by atoms with Gasteiger partial charge in [-0.15, -0.1) is 0 Å². The lowest BCUT2D eigenvalue weighted by Gasteiger charge is -2.17. The number of ether oxygens (including phenoxy) is 1. The van der Waals surface area contributed by atoms with Crippen LogP contribution in [-0.2, 0) is 4.79 Å². The summed E-state index contributed by atoms with van der Waals surface area (Å²) in [5, 5.41) is 2.75. The van der Waals surface area contributed by atoms with E-state index in [0.717, 1.165) is 22.4 Å². The molecule has 1 saturated heterocycles. The quantitative estimate of drug-likeness (QED) is 0.509. The number of amides is 4. The smallest absolute Gasteiger partial charge is 0.322 e. The largest absolute Gasteiger partial charge is 0.483 e. The van der Waals surface area contributed by atoms with Gasteiger partial charge >= 0.3 is 6.03 Å². The Balaban J connectivity index is 1.32. The van der Waals surface area contributed by atoms with Crippen LogP contribution in [0.2, 0.25) is 0 Å². The highest BCUT2D eigenvalue weighted by Gasteiger charge is 2.23. The maximum Gasteiger partial charge on any atom is 0.322 e. The van der Waals surface area contributed by atoms with Crippen LogP contribution in [0.25, 0.3) is 11.1 Å². The number of urea groups is 1. The van der Waals surface area contributed by atoms with Gasteiger partial charge in [0.25, 0.3) is 11.8 Å². The average Bonchev–Trinajstić information content (AvgIpc) is 3.27. The first-order valence-electron chi connectivity index (χ1n) is 10.6. The van der Waals surface area contributed by atoms with Gasteiger partial charge in [0.2, 0.25) is 0 Å². The Morgan fingerprint density at radius 2 is 1.76 bits per heavy atom. The molecule has 0 spiro atoms. The number of anilines is 1. The molecule has 0 aromatic heterocycles. The molecule has 0 atom stereocenters. The zero-order chi connectivity index (χ0) is 23.2. The SMILES string of the molecule is Cc1cc(C(=O)NNC(=O)COc2ccccc2-c2ccccc2)ccc1N1CCNC1=O. The first-order valence-corrected chi connectivity index (χ1v) is 10.6. The Labute approximate surface area is 191 Å². The number of para-hydroxylation sites is 1. The van der Waals surface area contributed by atoms with E-state index in [-0.39, 0.29) is 12.6 Å². The molecule has 1 aliphatic rings. The van der Waals surface area contributed by atoms with E-state index >= 15 is 0 Å². The minimum atomic E-state index is -0.492. The number of benzene rings is 3. The van der Waals surface area contributed by atoms with Crippen LogP contribution in [0.3, 0.4) is 0 Å². The van der Waals surface area contributed by atoms with E-state index in [9.17, 15) is 14.4 Å². The van der Waals surface area contributed by atoms with Crippen LogP contribution in [-0.4, -0.2) is 37.5 Å². The van der Waals surface area contributed by atoms with E-state index in [1.54, 1.807) is 29.2 Å². The third-order valence-corrected chi connectivity index (χ3v) is 5.25. The van der Waals surface area contributed by atoms with Crippen LogP contribution < -0.4 is 25.8 Å². The second-order valence-corrected chi connectivity index (χ2v) is 7.54. The Kier molecular flexibility index (Phi) is 6.54. The summed E-state index contributed by atoms with van der Waals surface area (Å²) in [5.74, 6) is -0.385. The van der Waals surface area contributed by atoms with Gasteiger partial charge in [-0.25, -0.2) is 4.79 Å². The van der Waals surface area contributed by atoms with E-state index in [0.29, 0.717) is 24.4 Å². The molecule has 168 valence electrons. The molecule has 0 radical (unpaired) electrons. The summed E-state index contributed by atoms with van der Waals surface area (Å²) in [7, 11) is 0. The Bertz CT molecular complexity index is 1180. The molecule has 0 unspecified atom stereocenters. The van der Waals surface area contributed by atoms with Crippen LogP contribution in [0.5, 0.6) is 5.75 Å². The number of hydrogen-bond acceptors (Lipinski definition) is 4. The van der Waals surface area contributed by atoms with Crippen molar-refractivity contribution in [3.63, 3.8) is 0 Å². The number of carbonyl (C=O) groups excluding carboxylic acids is 3. The second kappa shape index (κ2) is 9.86. The van der Waals surface area contributed by atoms with Crippen LogP contribution in [0.4, 0.5) is 10.5 Å². The first-order chi connectivity index (χ1) is 16.0. The average molecular weight is 444 g/mol. The fraction of sp³-hybridized carbons (Fsp3) is 0.160. The molecule has 4 rings (SSSR count). The monoisotopic (exact) mass is 444 g/mol. The van der Waals surface area contributed by atoms with Gasteiger partial charge in [0.05, 0.1) is 0 Å². The summed E-state index contributed by atoms with van der Waals surface area (Å²) in [6.45, 7) is 2.74. The van der Waals surface area contributed by atoms with Crippen LogP contribution in [0.1, 0.15) is 15.9 Å². The fourth-order valence-electron chi connectivity index (χ4n) is 3.63. The van der Waals surface area contributed by atoms with E-state index in [1.165, 1.54) is 0 Å². The summed E-state index contributed by atoms with van der Waals surface area (Å²) in [4.78, 5) is 38.2. The van der Waals surface area contributed by atoms with Crippen molar-refractivity contribution < 1.29 is 19.1 Å². The van der Waals surface area contributed by atoms with Crippen LogP contribution in [0.15, 0.2) is 72.8 Å². The summed E-state index contributed by atoms with van der Waals surface area (Å²) in [6, 6.07) is 22.0. The summed E-state index contributed by atoms with van der Waals surface area (Å²) >= 11 is 0. The van der Waals surface area contributed by atoms with Gasteiger partial charge in [-0.05, 0) is 42.3 Å². The lowest BCUT2D eigenvalue weighted by atomic mass is 10.1. The van der Waals surface area contributed by atoms with Gasteiger partial charge in [0.15, 0.2) is 6.61 Å². The zero-order valence-electron chi connectivity index (χ0n) is 18.1. The molecule has 1 aliphatic heterocycles. The molecule has 8 heteroatoms. The molecule has 0 saturated carbocycles. The lowest BCUT2D eigenvalue weighted by Crippen LogP contribution is -2.43. The number of hydrogen-bond donors (Lipinski definition) is 3.